The Hall–Kier alpha value is -1.81. The van der Waals surface area contributed by atoms with Crippen molar-refractivity contribution in [3.63, 3.8) is 0 Å². The van der Waals surface area contributed by atoms with Crippen LogP contribution in [0.2, 0.25) is 0 Å². The molecule has 4 nitrogen and oxygen atoms in total. The fourth-order valence-corrected chi connectivity index (χ4v) is 2.49. The molecular formula is C15H21N3O. The lowest BCUT2D eigenvalue weighted by Crippen LogP contribution is -2.28. The van der Waals surface area contributed by atoms with E-state index < -0.39 is 6.04 Å². The molecule has 1 aromatic carbocycles. The van der Waals surface area contributed by atoms with Crippen LogP contribution in [-0.4, -0.2) is 26.0 Å². The number of amides is 1. The molecule has 1 aliphatic rings. The van der Waals surface area contributed by atoms with Crippen LogP contribution in [0.1, 0.15) is 24.9 Å². The smallest absolute Gasteiger partial charge is 0.248 e. The van der Waals surface area contributed by atoms with Crippen LogP contribution < -0.4 is 15.5 Å². The molecule has 0 bridgehead atoms. The fourth-order valence-electron chi connectivity index (χ4n) is 2.49. The van der Waals surface area contributed by atoms with E-state index in [1.807, 2.05) is 24.3 Å². The third-order valence-corrected chi connectivity index (χ3v) is 3.52. The van der Waals surface area contributed by atoms with Crippen molar-refractivity contribution in [3.05, 3.63) is 36.4 Å². The van der Waals surface area contributed by atoms with E-state index in [9.17, 15) is 4.79 Å². The summed E-state index contributed by atoms with van der Waals surface area (Å²) in [5.41, 5.74) is 8.83. The summed E-state index contributed by atoms with van der Waals surface area (Å²) in [7, 11) is 1.77. The molecule has 4 heteroatoms. The molecule has 1 amide bonds. The average Bonchev–Trinajstić information content (AvgIpc) is 2.63. The van der Waals surface area contributed by atoms with Gasteiger partial charge in [-0.15, -0.1) is 6.58 Å². The van der Waals surface area contributed by atoms with Crippen molar-refractivity contribution in [2.45, 2.75) is 19.4 Å². The summed E-state index contributed by atoms with van der Waals surface area (Å²) >= 11 is 0. The molecule has 0 saturated carbocycles. The van der Waals surface area contributed by atoms with Crippen LogP contribution in [0.4, 0.5) is 11.4 Å². The maximum Gasteiger partial charge on any atom is 0.248 e. The zero-order valence-corrected chi connectivity index (χ0v) is 11.6. The predicted octanol–water partition coefficient (Wildman–Crippen LogP) is 2.07. The lowest BCUT2D eigenvalue weighted by Gasteiger charge is -2.24. The van der Waals surface area contributed by atoms with Gasteiger partial charge < -0.3 is 15.5 Å². The Kier molecular flexibility index (Phi) is 3.90. The summed E-state index contributed by atoms with van der Waals surface area (Å²) in [4.78, 5) is 15.8. The molecule has 1 heterocycles. The first-order valence-corrected chi connectivity index (χ1v) is 6.63. The van der Waals surface area contributed by atoms with E-state index in [4.69, 9.17) is 5.73 Å². The van der Waals surface area contributed by atoms with Gasteiger partial charge in [0.15, 0.2) is 0 Å². The molecule has 1 atom stereocenters. The molecule has 102 valence electrons. The molecule has 0 saturated heterocycles. The Bertz CT molecular complexity index is 498. The van der Waals surface area contributed by atoms with Crippen LogP contribution in [0.5, 0.6) is 0 Å². The van der Waals surface area contributed by atoms with E-state index in [1.54, 1.807) is 11.9 Å². The number of hydrogen-bond donors (Lipinski definition) is 1. The third kappa shape index (κ3) is 2.36. The minimum atomic E-state index is -0.520. The topological polar surface area (TPSA) is 49.6 Å². The zero-order valence-electron chi connectivity index (χ0n) is 11.6. The molecule has 0 aliphatic carbocycles. The van der Waals surface area contributed by atoms with Crippen molar-refractivity contribution in [2.75, 3.05) is 29.9 Å². The fraction of sp³-hybridized carbons (Fsp3) is 0.400. The van der Waals surface area contributed by atoms with Crippen LogP contribution in [-0.2, 0) is 4.79 Å². The van der Waals surface area contributed by atoms with Crippen LogP contribution >= 0.6 is 0 Å². The minimum Gasteiger partial charge on any atom is -0.368 e. The third-order valence-electron chi connectivity index (χ3n) is 3.52. The first-order valence-electron chi connectivity index (χ1n) is 6.63. The summed E-state index contributed by atoms with van der Waals surface area (Å²) in [6.07, 6.45) is 2.96. The number of carbonyl (C=O) groups is 1. The quantitative estimate of drug-likeness (QED) is 0.823. The van der Waals surface area contributed by atoms with Crippen molar-refractivity contribution in [1.82, 2.24) is 0 Å². The maximum atomic E-state index is 11.9. The molecule has 1 aliphatic heterocycles. The van der Waals surface area contributed by atoms with Gasteiger partial charge >= 0.3 is 0 Å². The largest absolute Gasteiger partial charge is 0.368 e. The van der Waals surface area contributed by atoms with Crippen molar-refractivity contribution in [2.24, 2.45) is 5.73 Å². The maximum absolute atomic E-state index is 11.9. The van der Waals surface area contributed by atoms with E-state index >= 15 is 0 Å². The van der Waals surface area contributed by atoms with Crippen LogP contribution in [0.15, 0.2) is 30.9 Å². The summed E-state index contributed by atoms with van der Waals surface area (Å²) in [5, 5.41) is 0. The van der Waals surface area contributed by atoms with Crippen molar-refractivity contribution < 1.29 is 4.79 Å². The summed E-state index contributed by atoms with van der Waals surface area (Å²) in [6.45, 7) is 7.71. The molecule has 1 unspecified atom stereocenters. The predicted molar refractivity (Wildman–Crippen MR) is 79.5 cm³/mol. The SMILES string of the molecule is C=CCN(CCC)c1ccc2c(c1)N(C)C(=O)C2N. The number of benzene rings is 1. The molecule has 2 N–H and O–H groups in total. The summed E-state index contributed by atoms with van der Waals surface area (Å²) < 4.78 is 0. The lowest BCUT2D eigenvalue weighted by molar-refractivity contribution is -0.118. The first kappa shape index (κ1) is 13.6. The van der Waals surface area contributed by atoms with E-state index in [0.717, 1.165) is 36.4 Å². The zero-order chi connectivity index (χ0) is 14.0. The van der Waals surface area contributed by atoms with E-state index in [1.165, 1.54) is 0 Å². The van der Waals surface area contributed by atoms with Crippen molar-refractivity contribution in [3.8, 4) is 0 Å². The minimum absolute atomic E-state index is 0.0436. The Morgan fingerprint density at radius 3 is 2.89 bits per heavy atom. The highest BCUT2D eigenvalue weighted by Crippen LogP contribution is 2.36. The lowest BCUT2D eigenvalue weighted by atomic mass is 10.1. The van der Waals surface area contributed by atoms with Gasteiger partial charge in [-0.05, 0) is 18.6 Å². The number of nitrogens with two attached hydrogens (primary N) is 1. The Balaban J connectivity index is 2.36. The van der Waals surface area contributed by atoms with E-state index in [0.29, 0.717) is 0 Å². The van der Waals surface area contributed by atoms with Crippen LogP contribution in [0, 0.1) is 0 Å². The highest BCUT2D eigenvalue weighted by Gasteiger charge is 2.32. The average molecular weight is 259 g/mol. The van der Waals surface area contributed by atoms with Gasteiger partial charge in [0.05, 0.1) is 5.69 Å². The molecule has 0 spiro atoms. The highest BCUT2D eigenvalue weighted by atomic mass is 16.2. The van der Waals surface area contributed by atoms with E-state index in [2.05, 4.69) is 18.4 Å². The standard InChI is InChI=1S/C15H21N3O/c1-4-8-18(9-5-2)11-6-7-12-13(10-11)17(3)15(19)14(12)16/h4,6-7,10,14H,1,5,8-9,16H2,2-3H3. The van der Waals surface area contributed by atoms with Crippen LogP contribution in [0.25, 0.3) is 0 Å². The number of carbonyl (C=O) groups excluding carboxylic acids is 1. The van der Waals surface area contributed by atoms with Gasteiger partial charge in [0, 0.05) is 31.4 Å². The Morgan fingerprint density at radius 1 is 1.53 bits per heavy atom. The van der Waals surface area contributed by atoms with Gasteiger partial charge in [-0.3, -0.25) is 4.79 Å². The van der Waals surface area contributed by atoms with Gasteiger partial charge in [-0.25, -0.2) is 0 Å². The monoisotopic (exact) mass is 259 g/mol. The second kappa shape index (κ2) is 5.45. The number of anilines is 2. The van der Waals surface area contributed by atoms with Gasteiger partial charge in [0.1, 0.15) is 6.04 Å². The van der Waals surface area contributed by atoms with Gasteiger partial charge in [-0.1, -0.05) is 19.1 Å². The molecule has 19 heavy (non-hydrogen) atoms. The van der Waals surface area contributed by atoms with Crippen molar-refractivity contribution >= 4 is 17.3 Å². The molecule has 0 fully saturated rings. The van der Waals surface area contributed by atoms with Gasteiger partial charge in [0.2, 0.25) is 5.91 Å². The van der Waals surface area contributed by atoms with Gasteiger partial charge in [0.25, 0.3) is 0 Å². The molecular weight excluding hydrogens is 238 g/mol. The number of hydrogen-bond acceptors (Lipinski definition) is 3. The summed E-state index contributed by atoms with van der Waals surface area (Å²) in [6, 6.07) is 5.51. The molecule has 1 aromatic rings. The number of fused-ring (bicyclic) bond motifs is 1. The van der Waals surface area contributed by atoms with Crippen LogP contribution in [0.3, 0.4) is 0 Å². The molecule has 2 rings (SSSR count). The second-order valence-corrected chi connectivity index (χ2v) is 4.85. The second-order valence-electron chi connectivity index (χ2n) is 4.85. The Labute approximate surface area is 114 Å². The molecule has 0 aromatic heterocycles. The number of nitrogens with zero attached hydrogens (tertiary/aromatic N) is 2. The number of likely N-dealkylation sites (N-methyl/N-ethyl adjacent to an activating group) is 1. The highest BCUT2D eigenvalue weighted by molar-refractivity contribution is 6.04. The van der Waals surface area contributed by atoms with E-state index in [-0.39, 0.29) is 5.91 Å². The number of rotatable bonds is 5. The first-order chi connectivity index (χ1) is 9.10. The van der Waals surface area contributed by atoms with Gasteiger partial charge in [-0.2, -0.15) is 0 Å². The Morgan fingerprint density at radius 2 is 2.26 bits per heavy atom. The summed E-state index contributed by atoms with van der Waals surface area (Å²) in [5.74, 6) is -0.0436. The van der Waals surface area contributed by atoms with Crippen molar-refractivity contribution in [1.29, 1.82) is 0 Å². The normalized spacial score (nSPS) is 17.5. The molecule has 0 radical (unpaired) electrons.